The monoisotopic (exact) mass is 500 g/mol. The van der Waals surface area contributed by atoms with Gasteiger partial charge >= 0.3 is 6.09 Å². The Morgan fingerprint density at radius 3 is 2.40 bits per heavy atom. The van der Waals surface area contributed by atoms with Gasteiger partial charge in [-0.25, -0.2) is 13.6 Å². The zero-order chi connectivity index (χ0) is 20.8. The lowest BCUT2D eigenvalue weighted by atomic mass is 9.98. The van der Waals surface area contributed by atoms with E-state index in [0.29, 0.717) is 17.6 Å². The third-order valence-electron chi connectivity index (χ3n) is 6.52. The standard InChI is InChI=1S/C22H23ClF2N2O2.BrH/c1-27(2)14-7-8-15(27)12-16(11-14)29-22(28)26-20-5-3-4-19(25)21(20)13-6-9-18(24)17(23)10-13;/h3-6,9-10,14-16H,7-8,11-12H2,1-2H3;1H/t14-,15+,16?;. The molecule has 0 spiro atoms. The summed E-state index contributed by atoms with van der Waals surface area (Å²) < 4.78 is 34.7. The number of rotatable bonds is 3. The Morgan fingerprint density at radius 1 is 1.10 bits per heavy atom. The molecule has 2 aliphatic heterocycles. The third-order valence-corrected chi connectivity index (χ3v) is 6.81. The van der Waals surface area contributed by atoms with Crippen molar-refractivity contribution in [1.82, 2.24) is 0 Å². The van der Waals surface area contributed by atoms with Crippen LogP contribution in [0.4, 0.5) is 19.3 Å². The number of carbonyl (C=O) groups excluding carboxylic acids is 1. The predicted molar refractivity (Wildman–Crippen MR) is 109 cm³/mol. The van der Waals surface area contributed by atoms with Crippen LogP contribution in [0.3, 0.4) is 0 Å². The van der Waals surface area contributed by atoms with Gasteiger partial charge in [-0.15, -0.1) is 0 Å². The summed E-state index contributed by atoms with van der Waals surface area (Å²) in [5.74, 6) is -1.13. The van der Waals surface area contributed by atoms with E-state index >= 15 is 0 Å². The summed E-state index contributed by atoms with van der Waals surface area (Å²) >= 11 is 5.85. The SMILES string of the molecule is C[N+]1(C)[C@@H]2CC[C@H]1CC(OC(=O)Nc1cccc(F)c1-c1ccc(F)c(Cl)c1)C2.[Br-]. The van der Waals surface area contributed by atoms with Crippen LogP contribution in [0.15, 0.2) is 36.4 Å². The maximum Gasteiger partial charge on any atom is 0.411 e. The second-order valence-corrected chi connectivity index (χ2v) is 8.84. The minimum absolute atomic E-state index is 0. The quantitative estimate of drug-likeness (QED) is 0.657. The van der Waals surface area contributed by atoms with Gasteiger partial charge in [0.05, 0.1) is 36.9 Å². The van der Waals surface area contributed by atoms with Gasteiger partial charge in [0, 0.05) is 31.2 Å². The minimum Gasteiger partial charge on any atom is -1.00 e. The molecule has 30 heavy (non-hydrogen) atoms. The van der Waals surface area contributed by atoms with Crippen LogP contribution in [0.2, 0.25) is 5.02 Å². The van der Waals surface area contributed by atoms with Gasteiger partial charge in [0.25, 0.3) is 0 Å². The molecule has 8 heteroatoms. The zero-order valence-corrected chi connectivity index (χ0v) is 19.1. The average Bonchev–Trinajstić information content (AvgIpc) is 2.82. The van der Waals surface area contributed by atoms with E-state index in [1.54, 1.807) is 6.07 Å². The molecule has 1 N–H and O–H groups in total. The lowest BCUT2D eigenvalue weighted by molar-refractivity contribution is -0.931. The molecule has 162 valence electrons. The maximum absolute atomic E-state index is 14.5. The van der Waals surface area contributed by atoms with Crippen LogP contribution in [0.5, 0.6) is 0 Å². The first-order valence-corrected chi connectivity index (χ1v) is 10.2. The van der Waals surface area contributed by atoms with E-state index in [4.69, 9.17) is 16.3 Å². The largest absolute Gasteiger partial charge is 1.00 e. The van der Waals surface area contributed by atoms with Gasteiger partial charge in [0.1, 0.15) is 17.7 Å². The first-order chi connectivity index (χ1) is 13.8. The van der Waals surface area contributed by atoms with E-state index in [2.05, 4.69) is 19.4 Å². The number of benzene rings is 2. The van der Waals surface area contributed by atoms with Gasteiger partial charge < -0.3 is 26.2 Å². The number of quaternary nitrogens is 1. The summed E-state index contributed by atoms with van der Waals surface area (Å²) in [6.07, 6.45) is 3.22. The molecule has 2 heterocycles. The fraction of sp³-hybridized carbons (Fsp3) is 0.409. The van der Waals surface area contributed by atoms with Gasteiger partial charge in [0.2, 0.25) is 0 Å². The van der Waals surface area contributed by atoms with Crippen LogP contribution < -0.4 is 22.3 Å². The first kappa shape index (κ1) is 23.0. The summed E-state index contributed by atoms with van der Waals surface area (Å²) in [6, 6.07) is 9.29. The van der Waals surface area contributed by atoms with Crippen molar-refractivity contribution >= 4 is 23.4 Å². The van der Waals surface area contributed by atoms with Gasteiger partial charge in [-0.3, -0.25) is 5.32 Å². The van der Waals surface area contributed by atoms with Crippen molar-refractivity contribution in [2.75, 3.05) is 19.4 Å². The second kappa shape index (κ2) is 8.81. The number of halogens is 4. The molecule has 2 aromatic rings. The van der Waals surface area contributed by atoms with E-state index in [9.17, 15) is 13.6 Å². The van der Waals surface area contributed by atoms with Gasteiger partial charge in [-0.1, -0.05) is 23.7 Å². The van der Waals surface area contributed by atoms with E-state index < -0.39 is 17.7 Å². The minimum atomic E-state index is -0.610. The number of carbonyl (C=O) groups is 1. The maximum atomic E-state index is 14.5. The fourth-order valence-corrected chi connectivity index (χ4v) is 4.97. The van der Waals surface area contributed by atoms with E-state index in [1.807, 2.05) is 0 Å². The molecule has 1 unspecified atom stereocenters. The summed E-state index contributed by atoms with van der Waals surface area (Å²) in [7, 11) is 4.48. The van der Waals surface area contributed by atoms with Gasteiger partial charge in [-0.05, 0) is 29.8 Å². The number of fused-ring (bicyclic) bond motifs is 2. The van der Waals surface area contributed by atoms with Crippen molar-refractivity contribution in [3.05, 3.63) is 53.1 Å². The molecular formula is C22H24BrClF2N2O2. The van der Waals surface area contributed by atoms with Crippen molar-refractivity contribution in [2.45, 2.75) is 43.9 Å². The van der Waals surface area contributed by atoms with Crippen LogP contribution in [0.25, 0.3) is 11.1 Å². The number of amides is 1. The molecule has 2 fully saturated rings. The summed E-state index contributed by atoms with van der Waals surface area (Å²) in [5, 5.41) is 2.55. The van der Waals surface area contributed by atoms with Crippen molar-refractivity contribution < 1.29 is 39.8 Å². The molecule has 0 aliphatic carbocycles. The van der Waals surface area contributed by atoms with E-state index in [0.717, 1.165) is 30.2 Å². The predicted octanol–water partition coefficient (Wildman–Crippen LogP) is 2.61. The summed E-state index contributed by atoms with van der Waals surface area (Å²) in [4.78, 5) is 12.5. The lowest BCUT2D eigenvalue weighted by Crippen LogP contribution is -3.00. The van der Waals surface area contributed by atoms with Crippen molar-refractivity contribution in [3.8, 4) is 11.1 Å². The van der Waals surface area contributed by atoms with Crippen LogP contribution >= 0.6 is 11.6 Å². The Hall–Kier alpha value is -1.70. The van der Waals surface area contributed by atoms with Gasteiger partial charge in [-0.2, -0.15) is 0 Å². The topological polar surface area (TPSA) is 38.3 Å². The fourth-order valence-electron chi connectivity index (χ4n) is 4.79. The molecule has 2 aliphatic rings. The Bertz CT molecular complexity index is 941. The molecule has 0 aromatic heterocycles. The van der Waals surface area contributed by atoms with Crippen LogP contribution in [-0.4, -0.2) is 42.9 Å². The summed E-state index contributed by atoms with van der Waals surface area (Å²) in [5.41, 5.74) is 0.778. The highest BCUT2D eigenvalue weighted by Gasteiger charge is 2.49. The van der Waals surface area contributed by atoms with E-state index in [-0.39, 0.29) is 39.4 Å². The number of piperidine rings is 1. The van der Waals surface area contributed by atoms with Crippen LogP contribution in [0, 0.1) is 11.6 Å². The lowest BCUT2D eigenvalue weighted by Gasteiger charge is -2.43. The number of hydrogen-bond acceptors (Lipinski definition) is 2. The molecule has 0 saturated carbocycles. The molecule has 4 nitrogen and oxygen atoms in total. The molecule has 2 saturated heterocycles. The van der Waals surface area contributed by atoms with Crippen molar-refractivity contribution in [1.29, 1.82) is 0 Å². The smallest absolute Gasteiger partial charge is 0.411 e. The van der Waals surface area contributed by atoms with Crippen LogP contribution in [0.1, 0.15) is 25.7 Å². The average molecular weight is 502 g/mol. The zero-order valence-electron chi connectivity index (χ0n) is 16.8. The molecule has 2 bridgehead atoms. The molecule has 3 atom stereocenters. The molecular weight excluding hydrogens is 478 g/mol. The molecule has 1 amide bonds. The van der Waals surface area contributed by atoms with Crippen molar-refractivity contribution in [2.24, 2.45) is 0 Å². The molecule has 0 radical (unpaired) electrons. The molecule has 4 rings (SSSR count). The van der Waals surface area contributed by atoms with Crippen LogP contribution in [-0.2, 0) is 4.74 Å². The number of ether oxygens (including phenoxy) is 1. The normalized spacial score (nSPS) is 24.1. The number of anilines is 1. The van der Waals surface area contributed by atoms with E-state index in [1.165, 1.54) is 30.3 Å². The Morgan fingerprint density at radius 2 is 1.77 bits per heavy atom. The molecule has 2 aromatic carbocycles. The highest BCUT2D eigenvalue weighted by molar-refractivity contribution is 6.31. The van der Waals surface area contributed by atoms with Crippen molar-refractivity contribution in [3.63, 3.8) is 0 Å². The highest BCUT2D eigenvalue weighted by Crippen LogP contribution is 2.40. The number of nitrogens with zero attached hydrogens (tertiary/aromatic N) is 1. The highest BCUT2D eigenvalue weighted by atomic mass is 79.9. The Labute approximate surface area is 190 Å². The number of nitrogens with one attached hydrogen (secondary N) is 1. The first-order valence-electron chi connectivity index (χ1n) is 9.80. The second-order valence-electron chi connectivity index (χ2n) is 8.43. The third kappa shape index (κ3) is 4.34. The number of hydrogen-bond donors (Lipinski definition) is 1. The van der Waals surface area contributed by atoms with Gasteiger partial charge in [0.15, 0.2) is 0 Å². The summed E-state index contributed by atoms with van der Waals surface area (Å²) in [6.45, 7) is 0. The Kier molecular flexibility index (Phi) is 6.75. The Balaban J connectivity index is 0.00000256.